The van der Waals surface area contributed by atoms with Crippen molar-refractivity contribution < 1.29 is 0 Å². The number of para-hydroxylation sites is 1. The maximum atomic E-state index is 5.77. The lowest BCUT2D eigenvalue weighted by Gasteiger charge is -2.32. The summed E-state index contributed by atoms with van der Waals surface area (Å²) < 4.78 is 0. The van der Waals surface area contributed by atoms with Crippen LogP contribution in [0.25, 0.3) is 0 Å². The van der Waals surface area contributed by atoms with Crippen LogP contribution in [0.15, 0.2) is 24.3 Å². The number of anilines is 2. The maximum absolute atomic E-state index is 5.77. The van der Waals surface area contributed by atoms with Crippen LogP contribution in [-0.4, -0.2) is 11.5 Å². The van der Waals surface area contributed by atoms with Gasteiger partial charge in [0, 0.05) is 23.7 Å². The molecule has 0 saturated carbocycles. The second-order valence-electron chi connectivity index (χ2n) is 5.26. The lowest BCUT2D eigenvalue weighted by Crippen LogP contribution is -2.30. The second kappa shape index (κ2) is 4.94. The van der Waals surface area contributed by atoms with Crippen molar-refractivity contribution in [3.8, 4) is 0 Å². The Hall–Kier alpha value is -1.39. The summed E-state index contributed by atoms with van der Waals surface area (Å²) in [5.74, 6) is 0.653. The van der Waals surface area contributed by atoms with E-state index in [1.807, 2.05) is 6.92 Å². The van der Waals surface area contributed by atoms with Gasteiger partial charge in [-0.2, -0.15) is 0 Å². The molecule has 1 aromatic carbocycles. The van der Waals surface area contributed by atoms with E-state index in [0.29, 0.717) is 12.5 Å². The van der Waals surface area contributed by atoms with Crippen molar-refractivity contribution in [1.29, 1.82) is 0 Å². The number of benzene rings is 1. The summed E-state index contributed by atoms with van der Waals surface area (Å²) in [7, 11) is 0. The first-order chi connectivity index (χ1) is 9.19. The van der Waals surface area contributed by atoms with Crippen molar-refractivity contribution in [3.63, 3.8) is 0 Å². The number of aryl methyl sites for hydroxylation is 1. The predicted molar refractivity (Wildman–Crippen MR) is 81.1 cm³/mol. The van der Waals surface area contributed by atoms with E-state index in [1.165, 1.54) is 16.1 Å². The number of fused-ring (bicyclic) bond motifs is 1. The summed E-state index contributed by atoms with van der Waals surface area (Å²) in [5.41, 5.74) is 9.56. The Morgan fingerprint density at radius 1 is 1.42 bits per heavy atom. The third-order valence-electron chi connectivity index (χ3n) is 3.64. The molecule has 0 aliphatic carbocycles. The average Bonchev–Trinajstić information content (AvgIpc) is 2.79. The Kier molecular flexibility index (Phi) is 3.29. The zero-order valence-electron chi connectivity index (χ0n) is 11.4. The van der Waals surface area contributed by atoms with E-state index in [4.69, 9.17) is 10.7 Å². The minimum Gasteiger partial charge on any atom is -0.326 e. The van der Waals surface area contributed by atoms with Crippen LogP contribution in [-0.2, 0) is 13.0 Å². The Bertz CT molecular complexity index is 591. The highest BCUT2D eigenvalue weighted by atomic mass is 32.1. The van der Waals surface area contributed by atoms with Crippen LogP contribution >= 0.6 is 11.3 Å². The molecule has 19 heavy (non-hydrogen) atoms. The van der Waals surface area contributed by atoms with Crippen molar-refractivity contribution in [2.45, 2.75) is 26.8 Å². The van der Waals surface area contributed by atoms with Crippen LogP contribution < -0.4 is 10.6 Å². The van der Waals surface area contributed by atoms with Crippen molar-refractivity contribution in [2.24, 2.45) is 11.7 Å². The average molecular weight is 273 g/mol. The van der Waals surface area contributed by atoms with Gasteiger partial charge in [0.05, 0.1) is 5.69 Å². The van der Waals surface area contributed by atoms with Gasteiger partial charge in [-0.05, 0) is 30.9 Å². The molecule has 1 aliphatic heterocycles. The van der Waals surface area contributed by atoms with Crippen molar-refractivity contribution in [3.05, 3.63) is 40.4 Å². The third kappa shape index (κ3) is 2.26. The molecule has 1 aromatic heterocycles. The van der Waals surface area contributed by atoms with Crippen molar-refractivity contribution >= 4 is 22.2 Å². The first-order valence-corrected chi connectivity index (χ1v) is 7.52. The topological polar surface area (TPSA) is 42.2 Å². The molecule has 1 atom stereocenters. The number of thiazole rings is 1. The van der Waals surface area contributed by atoms with Crippen LogP contribution in [0.4, 0.5) is 10.8 Å². The first-order valence-electron chi connectivity index (χ1n) is 6.71. The molecular weight excluding hydrogens is 254 g/mol. The standard InChI is InChI=1S/C15H19N3S/c1-10-7-12-5-3-4-6-13(12)18(9-10)15-17-11(2)14(8-16)19-15/h3-6,10H,7-9,16H2,1-2H3. The van der Waals surface area contributed by atoms with Gasteiger partial charge in [-0.15, -0.1) is 0 Å². The number of nitrogens with two attached hydrogens (primary N) is 1. The molecule has 0 radical (unpaired) electrons. The maximum Gasteiger partial charge on any atom is 0.190 e. The molecule has 0 bridgehead atoms. The molecule has 0 spiro atoms. The van der Waals surface area contributed by atoms with E-state index in [1.54, 1.807) is 11.3 Å². The molecule has 100 valence electrons. The molecule has 4 heteroatoms. The summed E-state index contributed by atoms with van der Waals surface area (Å²) in [4.78, 5) is 8.24. The molecule has 1 aliphatic rings. The minimum absolute atomic E-state index is 0.578. The zero-order valence-corrected chi connectivity index (χ0v) is 12.2. The summed E-state index contributed by atoms with van der Waals surface area (Å²) in [5, 5.41) is 1.08. The van der Waals surface area contributed by atoms with Gasteiger partial charge in [0.15, 0.2) is 5.13 Å². The van der Waals surface area contributed by atoms with E-state index in [9.17, 15) is 0 Å². The van der Waals surface area contributed by atoms with Crippen LogP contribution in [0.3, 0.4) is 0 Å². The van der Waals surface area contributed by atoms with E-state index in [-0.39, 0.29) is 0 Å². The van der Waals surface area contributed by atoms with Gasteiger partial charge in [0.2, 0.25) is 0 Å². The molecule has 0 amide bonds. The van der Waals surface area contributed by atoms with Crippen molar-refractivity contribution in [1.82, 2.24) is 4.98 Å². The van der Waals surface area contributed by atoms with Gasteiger partial charge < -0.3 is 10.6 Å². The smallest absolute Gasteiger partial charge is 0.190 e. The van der Waals surface area contributed by atoms with Gasteiger partial charge in [0.1, 0.15) is 0 Å². The summed E-state index contributed by atoms with van der Waals surface area (Å²) in [6, 6.07) is 8.64. The molecule has 3 nitrogen and oxygen atoms in total. The van der Waals surface area contributed by atoms with Gasteiger partial charge in [-0.1, -0.05) is 36.5 Å². The molecular formula is C15H19N3S. The zero-order chi connectivity index (χ0) is 13.4. The molecule has 2 N–H and O–H groups in total. The number of nitrogens with zero attached hydrogens (tertiary/aromatic N) is 2. The summed E-state index contributed by atoms with van der Waals surface area (Å²) >= 11 is 1.72. The molecule has 2 aromatic rings. The summed E-state index contributed by atoms with van der Waals surface area (Å²) in [6.07, 6.45) is 1.15. The fourth-order valence-electron chi connectivity index (χ4n) is 2.70. The number of aromatic nitrogens is 1. The Labute approximate surface area is 118 Å². The summed E-state index contributed by atoms with van der Waals surface area (Å²) in [6.45, 7) is 5.96. The van der Waals surface area contributed by atoms with Crippen LogP contribution in [0.2, 0.25) is 0 Å². The van der Waals surface area contributed by atoms with E-state index in [2.05, 4.69) is 36.1 Å². The minimum atomic E-state index is 0.578. The first kappa shape index (κ1) is 12.6. The van der Waals surface area contributed by atoms with Gasteiger partial charge >= 0.3 is 0 Å². The van der Waals surface area contributed by atoms with Gasteiger partial charge in [0.25, 0.3) is 0 Å². The fourth-order valence-corrected chi connectivity index (χ4v) is 3.66. The lowest BCUT2D eigenvalue weighted by molar-refractivity contribution is 0.562. The van der Waals surface area contributed by atoms with Crippen LogP contribution in [0.1, 0.15) is 23.1 Å². The highest BCUT2D eigenvalue weighted by molar-refractivity contribution is 7.15. The highest BCUT2D eigenvalue weighted by Gasteiger charge is 2.24. The number of hydrogen-bond acceptors (Lipinski definition) is 4. The van der Waals surface area contributed by atoms with E-state index < -0.39 is 0 Å². The lowest BCUT2D eigenvalue weighted by atomic mass is 9.94. The van der Waals surface area contributed by atoms with Gasteiger partial charge in [-0.25, -0.2) is 4.98 Å². The third-order valence-corrected chi connectivity index (χ3v) is 4.85. The predicted octanol–water partition coefficient (Wildman–Crippen LogP) is 3.24. The monoisotopic (exact) mass is 273 g/mol. The van der Waals surface area contributed by atoms with E-state index >= 15 is 0 Å². The molecule has 0 saturated heterocycles. The van der Waals surface area contributed by atoms with Crippen molar-refractivity contribution in [2.75, 3.05) is 11.4 Å². The molecule has 1 unspecified atom stereocenters. The number of rotatable bonds is 2. The number of hydrogen-bond donors (Lipinski definition) is 1. The normalized spacial score (nSPS) is 18.5. The quantitative estimate of drug-likeness (QED) is 0.913. The molecule has 0 fully saturated rings. The second-order valence-corrected chi connectivity index (χ2v) is 6.32. The SMILES string of the molecule is Cc1nc(N2CC(C)Cc3ccccc32)sc1CN. The highest BCUT2D eigenvalue weighted by Crippen LogP contribution is 2.37. The Morgan fingerprint density at radius 3 is 2.95 bits per heavy atom. The Balaban J connectivity index is 2.04. The van der Waals surface area contributed by atoms with Crippen LogP contribution in [0, 0.1) is 12.8 Å². The van der Waals surface area contributed by atoms with Crippen LogP contribution in [0.5, 0.6) is 0 Å². The fraction of sp³-hybridized carbons (Fsp3) is 0.400. The van der Waals surface area contributed by atoms with E-state index in [0.717, 1.165) is 23.8 Å². The van der Waals surface area contributed by atoms with Gasteiger partial charge in [-0.3, -0.25) is 0 Å². The largest absolute Gasteiger partial charge is 0.326 e. The molecule has 2 heterocycles. The molecule has 3 rings (SSSR count). The Morgan fingerprint density at radius 2 is 2.21 bits per heavy atom.